The fourth-order valence-corrected chi connectivity index (χ4v) is 3.36. The van der Waals surface area contributed by atoms with E-state index in [4.69, 9.17) is 10.5 Å². The van der Waals surface area contributed by atoms with Gasteiger partial charge in [-0.1, -0.05) is 38.5 Å². The van der Waals surface area contributed by atoms with Crippen molar-refractivity contribution in [1.82, 2.24) is 5.32 Å². The van der Waals surface area contributed by atoms with Crippen molar-refractivity contribution in [2.75, 3.05) is 0 Å². The zero-order chi connectivity index (χ0) is 14.4. The third-order valence-electron chi connectivity index (χ3n) is 4.70. The summed E-state index contributed by atoms with van der Waals surface area (Å²) < 4.78 is 5.95. The molecule has 0 spiro atoms. The molecule has 2 aliphatic rings. The number of carbonyl (C=O) groups excluding carboxylic acids is 1. The summed E-state index contributed by atoms with van der Waals surface area (Å²) in [6.07, 6.45) is 11.2. The molecule has 1 amide bonds. The highest BCUT2D eigenvalue weighted by Gasteiger charge is 2.26. The Bertz CT molecular complexity index is 303. The summed E-state index contributed by atoms with van der Waals surface area (Å²) in [7, 11) is 0. The summed E-state index contributed by atoms with van der Waals surface area (Å²) >= 11 is 0. The molecule has 0 aromatic carbocycles. The van der Waals surface area contributed by atoms with Crippen LogP contribution in [0.1, 0.15) is 71.1 Å². The van der Waals surface area contributed by atoms with Crippen LogP contribution in [-0.4, -0.2) is 30.2 Å². The van der Waals surface area contributed by atoms with Gasteiger partial charge in [-0.05, 0) is 32.6 Å². The first-order chi connectivity index (χ1) is 9.66. The third-order valence-corrected chi connectivity index (χ3v) is 4.70. The minimum absolute atomic E-state index is 0.0355. The van der Waals surface area contributed by atoms with Crippen LogP contribution in [-0.2, 0) is 9.53 Å². The topological polar surface area (TPSA) is 64.3 Å². The van der Waals surface area contributed by atoms with Crippen LogP contribution in [0.5, 0.6) is 0 Å². The zero-order valence-corrected chi connectivity index (χ0v) is 12.8. The fourth-order valence-electron chi connectivity index (χ4n) is 3.36. The molecule has 0 saturated heterocycles. The van der Waals surface area contributed by atoms with Gasteiger partial charge in [0.2, 0.25) is 5.91 Å². The Hall–Kier alpha value is -0.610. The smallest absolute Gasteiger partial charge is 0.249 e. The SMILES string of the molecule is CC(OC1CCCCCC1N)C(=O)NC1CCCCC1. The molecule has 3 atom stereocenters. The number of hydrogen-bond acceptors (Lipinski definition) is 3. The molecule has 0 bridgehead atoms. The molecule has 3 unspecified atom stereocenters. The van der Waals surface area contributed by atoms with Crippen molar-refractivity contribution in [3.63, 3.8) is 0 Å². The van der Waals surface area contributed by atoms with Gasteiger partial charge in [0.1, 0.15) is 6.10 Å². The molecule has 0 aromatic heterocycles. The molecule has 2 fully saturated rings. The first-order valence-electron chi connectivity index (χ1n) is 8.38. The van der Waals surface area contributed by atoms with Crippen molar-refractivity contribution in [1.29, 1.82) is 0 Å². The van der Waals surface area contributed by atoms with E-state index in [9.17, 15) is 4.79 Å². The normalized spacial score (nSPS) is 30.5. The lowest BCUT2D eigenvalue weighted by Gasteiger charge is -2.28. The van der Waals surface area contributed by atoms with Gasteiger partial charge in [-0.15, -0.1) is 0 Å². The Morgan fingerprint density at radius 3 is 2.35 bits per heavy atom. The molecule has 0 aromatic rings. The standard InChI is InChI=1S/C16H30N2O2/c1-12(16(19)18-13-8-4-2-5-9-13)20-15-11-7-3-6-10-14(15)17/h12-15H,2-11,17H2,1H3,(H,18,19). The molecule has 20 heavy (non-hydrogen) atoms. The molecule has 0 heterocycles. The Labute approximate surface area is 122 Å². The lowest BCUT2D eigenvalue weighted by Crippen LogP contribution is -2.46. The minimum atomic E-state index is -0.383. The van der Waals surface area contributed by atoms with Gasteiger partial charge in [0.25, 0.3) is 0 Å². The van der Waals surface area contributed by atoms with Crippen LogP contribution in [0.2, 0.25) is 0 Å². The first kappa shape index (κ1) is 15.8. The van der Waals surface area contributed by atoms with Gasteiger partial charge in [0, 0.05) is 12.1 Å². The lowest BCUT2D eigenvalue weighted by molar-refractivity contribution is -0.137. The van der Waals surface area contributed by atoms with Crippen molar-refractivity contribution in [3.05, 3.63) is 0 Å². The van der Waals surface area contributed by atoms with Gasteiger partial charge in [-0.2, -0.15) is 0 Å². The largest absolute Gasteiger partial charge is 0.364 e. The van der Waals surface area contributed by atoms with E-state index < -0.39 is 0 Å². The van der Waals surface area contributed by atoms with Crippen molar-refractivity contribution < 1.29 is 9.53 Å². The van der Waals surface area contributed by atoms with E-state index in [2.05, 4.69) is 5.32 Å². The average Bonchev–Trinajstić information content (AvgIpc) is 2.65. The predicted octanol–water partition coefficient (Wildman–Crippen LogP) is 2.50. The van der Waals surface area contributed by atoms with E-state index in [-0.39, 0.29) is 24.2 Å². The monoisotopic (exact) mass is 282 g/mol. The van der Waals surface area contributed by atoms with Crippen LogP contribution in [0.3, 0.4) is 0 Å². The second-order valence-corrected chi connectivity index (χ2v) is 6.46. The highest BCUT2D eigenvalue weighted by Crippen LogP contribution is 2.21. The fraction of sp³-hybridized carbons (Fsp3) is 0.938. The average molecular weight is 282 g/mol. The second-order valence-electron chi connectivity index (χ2n) is 6.46. The highest BCUT2D eigenvalue weighted by molar-refractivity contribution is 5.80. The van der Waals surface area contributed by atoms with Crippen molar-refractivity contribution in [2.24, 2.45) is 5.73 Å². The number of carbonyl (C=O) groups is 1. The summed E-state index contributed by atoms with van der Waals surface area (Å²) in [5.41, 5.74) is 6.15. The molecule has 4 heteroatoms. The summed E-state index contributed by atoms with van der Waals surface area (Å²) in [4.78, 5) is 12.2. The lowest BCUT2D eigenvalue weighted by atomic mass is 9.95. The van der Waals surface area contributed by atoms with Crippen molar-refractivity contribution in [3.8, 4) is 0 Å². The van der Waals surface area contributed by atoms with E-state index in [0.29, 0.717) is 6.04 Å². The molecule has 4 nitrogen and oxygen atoms in total. The molecular formula is C16H30N2O2. The Kier molecular flexibility index (Phi) is 6.30. The molecule has 0 aliphatic heterocycles. The number of ether oxygens (including phenoxy) is 1. The van der Waals surface area contributed by atoms with Crippen molar-refractivity contribution >= 4 is 5.91 Å². The first-order valence-corrected chi connectivity index (χ1v) is 8.38. The quantitative estimate of drug-likeness (QED) is 0.779. The summed E-state index contributed by atoms with van der Waals surface area (Å²) in [5.74, 6) is 0.0355. The van der Waals surface area contributed by atoms with Crippen molar-refractivity contribution in [2.45, 2.75) is 95.4 Å². The molecule has 0 radical (unpaired) electrons. The highest BCUT2D eigenvalue weighted by atomic mass is 16.5. The van der Waals surface area contributed by atoms with E-state index in [1.165, 1.54) is 32.1 Å². The van der Waals surface area contributed by atoms with Crippen LogP contribution in [0.15, 0.2) is 0 Å². The van der Waals surface area contributed by atoms with Gasteiger partial charge in [-0.25, -0.2) is 0 Å². The molecular weight excluding hydrogens is 252 g/mol. The van der Waals surface area contributed by atoms with Gasteiger partial charge in [-0.3, -0.25) is 4.79 Å². The number of amides is 1. The maximum Gasteiger partial charge on any atom is 0.249 e. The Morgan fingerprint density at radius 1 is 1.05 bits per heavy atom. The minimum Gasteiger partial charge on any atom is -0.364 e. The van der Waals surface area contributed by atoms with E-state index >= 15 is 0 Å². The maximum atomic E-state index is 12.2. The van der Waals surface area contributed by atoms with E-state index in [1.807, 2.05) is 6.92 Å². The predicted molar refractivity (Wildman–Crippen MR) is 80.4 cm³/mol. The number of nitrogens with one attached hydrogen (secondary N) is 1. The van der Waals surface area contributed by atoms with Crippen LogP contribution < -0.4 is 11.1 Å². The van der Waals surface area contributed by atoms with Crippen LogP contribution in [0, 0.1) is 0 Å². The molecule has 2 rings (SSSR count). The molecule has 2 aliphatic carbocycles. The molecule has 116 valence electrons. The molecule has 3 N–H and O–H groups in total. The Balaban J connectivity index is 1.77. The third kappa shape index (κ3) is 4.74. The van der Waals surface area contributed by atoms with Gasteiger partial charge >= 0.3 is 0 Å². The Morgan fingerprint density at radius 2 is 1.65 bits per heavy atom. The van der Waals surface area contributed by atoms with Gasteiger partial charge < -0.3 is 15.8 Å². The van der Waals surface area contributed by atoms with Gasteiger partial charge in [0.05, 0.1) is 6.10 Å². The summed E-state index contributed by atoms with van der Waals surface area (Å²) in [5, 5.41) is 3.13. The number of hydrogen-bond donors (Lipinski definition) is 2. The van der Waals surface area contributed by atoms with Gasteiger partial charge in [0.15, 0.2) is 0 Å². The number of nitrogens with two attached hydrogens (primary N) is 1. The van der Waals surface area contributed by atoms with E-state index in [0.717, 1.165) is 32.1 Å². The maximum absolute atomic E-state index is 12.2. The summed E-state index contributed by atoms with van der Waals surface area (Å²) in [6, 6.07) is 0.438. The van der Waals surface area contributed by atoms with Crippen LogP contribution in [0.25, 0.3) is 0 Å². The summed E-state index contributed by atoms with van der Waals surface area (Å²) in [6.45, 7) is 1.86. The zero-order valence-electron chi connectivity index (χ0n) is 12.8. The molecule has 2 saturated carbocycles. The van der Waals surface area contributed by atoms with Crippen LogP contribution >= 0.6 is 0 Å². The van der Waals surface area contributed by atoms with E-state index in [1.54, 1.807) is 0 Å². The second kappa shape index (κ2) is 7.99. The number of rotatable bonds is 4. The van der Waals surface area contributed by atoms with Crippen LogP contribution in [0.4, 0.5) is 0 Å².